The van der Waals surface area contributed by atoms with Crippen molar-refractivity contribution in [3.05, 3.63) is 18.1 Å². The van der Waals surface area contributed by atoms with Gasteiger partial charge in [0, 0.05) is 11.1 Å². The lowest BCUT2D eigenvalue weighted by Gasteiger charge is -2.17. The summed E-state index contributed by atoms with van der Waals surface area (Å²) >= 11 is 0. The number of hydrogen-bond donors (Lipinski definition) is 2. The highest BCUT2D eigenvalue weighted by atomic mass is 16.5. The Hall–Kier alpha value is -1.58. The third-order valence-electron chi connectivity index (χ3n) is 4.07. The first-order valence-corrected chi connectivity index (χ1v) is 8.03. The van der Waals surface area contributed by atoms with Crippen molar-refractivity contribution in [3.63, 3.8) is 0 Å². The predicted molar refractivity (Wildman–Crippen MR) is 89.0 cm³/mol. The molecule has 22 heavy (non-hydrogen) atoms. The summed E-state index contributed by atoms with van der Waals surface area (Å²) in [4.78, 5) is 0. The molecule has 0 unspecified atom stereocenters. The Labute approximate surface area is 134 Å². The molecule has 0 heterocycles. The maximum absolute atomic E-state index is 10.4. The molecule has 1 radical (unpaired) electrons. The molecule has 1 aromatic rings. The molecular weight excluding hydrogens is 280 g/mol. The van der Waals surface area contributed by atoms with Gasteiger partial charge in [0.05, 0.1) is 14.2 Å². The van der Waals surface area contributed by atoms with E-state index in [9.17, 15) is 10.2 Å². The van der Waals surface area contributed by atoms with Crippen LogP contribution >= 0.6 is 0 Å². The van der Waals surface area contributed by atoms with Gasteiger partial charge >= 0.3 is 0 Å². The summed E-state index contributed by atoms with van der Waals surface area (Å²) < 4.78 is 10.3. The summed E-state index contributed by atoms with van der Waals surface area (Å²) in [7, 11) is 2.90. The molecule has 0 fully saturated rings. The Morgan fingerprint density at radius 2 is 1.32 bits per heavy atom. The Kier molecular flexibility index (Phi) is 7.92. The minimum Gasteiger partial charge on any atom is -0.504 e. The molecule has 2 N–H and O–H groups in total. The van der Waals surface area contributed by atoms with Gasteiger partial charge in [0.1, 0.15) is 0 Å². The van der Waals surface area contributed by atoms with Crippen LogP contribution in [0.5, 0.6) is 23.0 Å². The van der Waals surface area contributed by atoms with E-state index in [1.165, 1.54) is 39.9 Å². The molecule has 0 spiro atoms. The Morgan fingerprint density at radius 3 is 1.86 bits per heavy atom. The van der Waals surface area contributed by atoms with E-state index in [1.54, 1.807) is 6.92 Å². The fourth-order valence-electron chi connectivity index (χ4n) is 2.71. The monoisotopic (exact) mass is 309 g/mol. The zero-order valence-corrected chi connectivity index (χ0v) is 14.1. The summed E-state index contributed by atoms with van der Waals surface area (Å²) in [5.74, 6) is 0.514. The topological polar surface area (TPSA) is 58.9 Å². The largest absolute Gasteiger partial charge is 0.504 e. The van der Waals surface area contributed by atoms with Gasteiger partial charge in [0.15, 0.2) is 11.5 Å². The van der Waals surface area contributed by atoms with E-state index in [2.05, 4.69) is 6.92 Å². The summed E-state index contributed by atoms with van der Waals surface area (Å²) in [5, 5.41) is 20.5. The van der Waals surface area contributed by atoms with E-state index in [4.69, 9.17) is 9.47 Å². The van der Waals surface area contributed by atoms with E-state index in [1.807, 2.05) is 0 Å². The number of benzene rings is 1. The molecule has 0 aliphatic rings. The molecule has 1 rings (SSSR count). The number of ether oxygens (including phenoxy) is 2. The van der Waals surface area contributed by atoms with Crippen molar-refractivity contribution in [1.82, 2.24) is 0 Å². The second-order valence-corrected chi connectivity index (χ2v) is 5.59. The van der Waals surface area contributed by atoms with E-state index >= 15 is 0 Å². The highest BCUT2D eigenvalue weighted by Crippen LogP contribution is 2.48. The first-order valence-electron chi connectivity index (χ1n) is 8.03. The number of rotatable bonds is 10. The summed E-state index contributed by atoms with van der Waals surface area (Å²) in [6, 6.07) is 0. The van der Waals surface area contributed by atoms with Crippen molar-refractivity contribution in [2.24, 2.45) is 0 Å². The first-order chi connectivity index (χ1) is 10.6. The van der Waals surface area contributed by atoms with Crippen LogP contribution in [-0.4, -0.2) is 24.4 Å². The molecule has 4 nitrogen and oxygen atoms in total. The zero-order valence-electron chi connectivity index (χ0n) is 14.1. The fraction of sp³-hybridized carbons (Fsp3) is 0.611. The molecule has 0 aliphatic heterocycles. The fourth-order valence-corrected chi connectivity index (χ4v) is 2.71. The van der Waals surface area contributed by atoms with Crippen molar-refractivity contribution in [3.8, 4) is 23.0 Å². The van der Waals surface area contributed by atoms with Gasteiger partial charge in [0.2, 0.25) is 11.5 Å². The predicted octanol–water partition coefficient (Wildman–Crippen LogP) is 4.53. The maximum atomic E-state index is 10.4. The minimum atomic E-state index is 0.0441. The molecule has 0 atom stereocenters. The third-order valence-corrected chi connectivity index (χ3v) is 4.07. The van der Waals surface area contributed by atoms with E-state index in [-0.39, 0.29) is 23.0 Å². The number of phenolic OH excluding ortho intramolecular Hbond substituents is 2. The van der Waals surface area contributed by atoms with Crippen LogP contribution < -0.4 is 9.47 Å². The van der Waals surface area contributed by atoms with Gasteiger partial charge in [0.25, 0.3) is 0 Å². The van der Waals surface area contributed by atoms with Gasteiger partial charge in [-0.3, -0.25) is 0 Å². The quantitative estimate of drug-likeness (QED) is 0.492. The van der Waals surface area contributed by atoms with Gasteiger partial charge in [-0.15, -0.1) is 0 Å². The smallest absolute Gasteiger partial charge is 0.207 e. The van der Waals surface area contributed by atoms with Gasteiger partial charge in [-0.05, 0) is 19.8 Å². The molecule has 4 heteroatoms. The van der Waals surface area contributed by atoms with Crippen LogP contribution in [0.15, 0.2) is 0 Å². The highest BCUT2D eigenvalue weighted by molar-refractivity contribution is 5.65. The average molecular weight is 309 g/mol. The van der Waals surface area contributed by atoms with Crippen molar-refractivity contribution < 1.29 is 19.7 Å². The van der Waals surface area contributed by atoms with Crippen LogP contribution in [0.4, 0.5) is 0 Å². The molecule has 125 valence electrons. The molecule has 0 amide bonds. The van der Waals surface area contributed by atoms with Crippen molar-refractivity contribution >= 4 is 0 Å². The lowest BCUT2D eigenvalue weighted by atomic mass is 9.98. The van der Waals surface area contributed by atoms with E-state index in [0.29, 0.717) is 5.56 Å². The van der Waals surface area contributed by atoms with Crippen molar-refractivity contribution in [2.45, 2.75) is 58.3 Å². The number of hydrogen-bond acceptors (Lipinski definition) is 4. The van der Waals surface area contributed by atoms with Crippen molar-refractivity contribution in [1.29, 1.82) is 0 Å². The molecule has 0 saturated carbocycles. The van der Waals surface area contributed by atoms with Crippen LogP contribution in [0.25, 0.3) is 0 Å². The number of phenols is 2. The van der Waals surface area contributed by atoms with Crippen LogP contribution in [0.3, 0.4) is 0 Å². The zero-order chi connectivity index (χ0) is 16.5. The average Bonchev–Trinajstić information content (AvgIpc) is 2.52. The standard InChI is InChI=1S/C18H29O4/c1-5-6-7-8-9-10-11-12-14-13(2)15(19)17(21-3)18(22-4)16(14)20/h19-20H,1,5-12H2,2-4H3. The van der Waals surface area contributed by atoms with Crippen LogP contribution in [0, 0.1) is 13.8 Å². The molecule has 0 saturated heterocycles. The Balaban J connectivity index is 2.69. The second-order valence-electron chi connectivity index (χ2n) is 5.59. The van der Waals surface area contributed by atoms with E-state index < -0.39 is 0 Å². The lowest BCUT2D eigenvalue weighted by Crippen LogP contribution is -1.99. The van der Waals surface area contributed by atoms with Crippen LogP contribution in [-0.2, 0) is 6.42 Å². The van der Waals surface area contributed by atoms with Gasteiger partial charge < -0.3 is 19.7 Å². The molecular formula is C18H29O4. The minimum absolute atomic E-state index is 0.0441. The van der Waals surface area contributed by atoms with Crippen LogP contribution in [0.1, 0.15) is 56.1 Å². The number of unbranched alkanes of at least 4 members (excludes halogenated alkanes) is 6. The van der Waals surface area contributed by atoms with E-state index in [0.717, 1.165) is 31.2 Å². The summed E-state index contributed by atoms with van der Waals surface area (Å²) in [6.07, 6.45) is 8.70. The maximum Gasteiger partial charge on any atom is 0.207 e. The Morgan fingerprint density at radius 1 is 0.818 bits per heavy atom. The number of methoxy groups -OCH3 is 2. The lowest BCUT2D eigenvalue weighted by molar-refractivity contribution is 0.313. The van der Waals surface area contributed by atoms with Crippen LogP contribution in [0.2, 0.25) is 0 Å². The first kappa shape index (κ1) is 18.5. The van der Waals surface area contributed by atoms with Gasteiger partial charge in [-0.25, -0.2) is 0 Å². The summed E-state index contributed by atoms with van der Waals surface area (Å²) in [6.45, 7) is 5.64. The SMILES string of the molecule is [CH2]CCCCCCCCc1c(C)c(O)c(OC)c(OC)c1O. The van der Waals surface area contributed by atoms with Gasteiger partial charge in [-0.2, -0.15) is 0 Å². The van der Waals surface area contributed by atoms with Gasteiger partial charge in [-0.1, -0.05) is 45.4 Å². The Bertz CT molecular complexity index is 469. The highest BCUT2D eigenvalue weighted by Gasteiger charge is 2.22. The van der Waals surface area contributed by atoms with Crippen molar-refractivity contribution in [2.75, 3.05) is 14.2 Å². The summed E-state index contributed by atoms with van der Waals surface area (Å²) in [5.41, 5.74) is 1.40. The molecule has 1 aromatic carbocycles. The number of aromatic hydroxyl groups is 2. The molecule has 0 aromatic heterocycles. The molecule has 0 aliphatic carbocycles. The normalized spacial score (nSPS) is 10.7. The third kappa shape index (κ3) is 4.46. The molecule has 0 bridgehead atoms. The second kappa shape index (κ2) is 9.44.